The molecule has 0 aliphatic carbocycles. The molecule has 0 spiro atoms. The highest BCUT2D eigenvalue weighted by Gasteiger charge is 2.19. The molecule has 0 fully saturated rings. The van der Waals surface area contributed by atoms with E-state index in [9.17, 15) is 10.1 Å². The molecule has 126 valence electrons. The van der Waals surface area contributed by atoms with Gasteiger partial charge in [0.15, 0.2) is 0 Å². The summed E-state index contributed by atoms with van der Waals surface area (Å²) < 4.78 is 0. The standard InChI is InChI=1S/C21H20N2O2/c1-16(17-9-4-2-5-10-17)22-21(18-11-6-3-7-12-18)19-13-8-14-20(15-19)23(24)25/h2-16,21-22H,1H3/t16-,21?/m1/s1. The number of nitro groups is 1. The molecule has 3 aromatic rings. The average Bonchev–Trinajstić information content (AvgIpc) is 2.67. The first-order valence-electron chi connectivity index (χ1n) is 8.25. The molecule has 4 heteroatoms. The minimum atomic E-state index is -0.355. The number of rotatable bonds is 6. The zero-order valence-corrected chi connectivity index (χ0v) is 14.0. The number of non-ortho nitro benzene ring substituents is 1. The number of nitrogens with one attached hydrogen (secondary N) is 1. The molecule has 0 bridgehead atoms. The summed E-state index contributed by atoms with van der Waals surface area (Å²) in [4.78, 5) is 10.8. The second-order valence-corrected chi connectivity index (χ2v) is 5.99. The van der Waals surface area contributed by atoms with Gasteiger partial charge in [-0.15, -0.1) is 0 Å². The Kier molecular flexibility index (Phi) is 5.21. The smallest absolute Gasteiger partial charge is 0.269 e. The number of nitrogens with zero attached hydrogens (tertiary/aromatic N) is 1. The molecule has 0 heterocycles. The molecule has 0 radical (unpaired) electrons. The van der Waals surface area contributed by atoms with Crippen LogP contribution in [0.15, 0.2) is 84.9 Å². The van der Waals surface area contributed by atoms with Gasteiger partial charge in [-0.2, -0.15) is 0 Å². The zero-order valence-electron chi connectivity index (χ0n) is 14.0. The Morgan fingerprint density at radius 2 is 1.36 bits per heavy atom. The van der Waals surface area contributed by atoms with Crippen molar-refractivity contribution in [1.29, 1.82) is 0 Å². The van der Waals surface area contributed by atoms with Gasteiger partial charge in [-0.1, -0.05) is 72.8 Å². The van der Waals surface area contributed by atoms with E-state index in [1.165, 1.54) is 11.6 Å². The Bertz CT molecular complexity index is 835. The van der Waals surface area contributed by atoms with Crippen LogP contribution in [0.25, 0.3) is 0 Å². The van der Waals surface area contributed by atoms with Gasteiger partial charge in [-0.25, -0.2) is 0 Å². The summed E-state index contributed by atoms with van der Waals surface area (Å²) in [5.74, 6) is 0. The van der Waals surface area contributed by atoms with E-state index in [1.807, 2.05) is 54.6 Å². The molecular weight excluding hydrogens is 312 g/mol. The SMILES string of the molecule is C[C@@H](NC(c1ccccc1)c1cccc([N+](=O)[O-])c1)c1ccccc1. The highest BCUT2D eigenvalue weighted by Crippen LogP contribution is 2.28. The lowest BCUT2D eigenvalue weighted by molar-refractivity contribution is -0.384. The minimum absolute atomic E-state index is 0.102. The summed E-state index contributed by atoms with van der Waals surface area (Å²) in [6.07, 6.45) is 0. The van der Waals surface area contributed by atoms with E-state index in [1.54, 1.807) is 12.1 Å². The molecule has 3 rings (SSSR count). The first-order valence-corrected chi connectivity index (χ1v) is 8.25. The van der Waals surface area contributed by atoms with E-state index in [0.29, 0.717) is 0 Å². The molecule has 1 N–H and O–H groups in total. The first-order chi connectivity index (χ1) is 12.1. The van der Waals surface area contributed by atoms with Crippen molar-refractivity contribution < 1.29 is 4.92 Å². The van der Waals surface area contributed by atoms with Crippen molar-refractivity contribution in [3.63, 3.8) is 0 Å². The van der Waals surface area contributed by atoms with E-state index in [4.69, 9.17) is 0 Å². The summed E-state index contributed by atoms with van der Waals surface area (Å²) >= 11 is 0. The molecule has 0 aromatic heterocycles. The predicted octanol–water partition coefficient (Wildman–Crippen LogP) is 5.04. The van der Waals surface area contributed by atoms with Crippen molar-refractivity contribution in [3.05, 3.63) is 112 Å². The molecule has 1 unspecified atom stereocenters. The van der Waals surface area contributed by atoms with Crippen LogP contribution in [0.2, 0.25) is 0 Å². The molecule has 3 aromatic carbocycles. The minimum Gasteiger partial charge on any atom is -0.300 e. The molecule has 0 saturated heterocycles. The summed E-state index contributed by atoms with van der Waals surface area (Å²) in [5.41, 5.74) is 3.23. The van der Waals surface area contributed by atoms with Crippen LogP contribution in [-0.2, 0) is 0 Å². The Balaban J connectivity index is 1.96. The fourth-order valence-corrected chi connectivity index (χ4v) is 2.94. The maximum Gasteiger partial charge on any atom is 0.269 e. The Labute approximate surface area is 147 Å². The lowest BCUT2D eigenvalue weighted by Crippen LogP contribution is -2.25. The summed E-state index contributed by atoms with van der Waals surface area (Å²) in [6.45, 7) is 2.10. The van der Waals surface area contributed by atoms with Gasteiger partial charge in [0, 0.05) is 18.2 Å². The topological polar surface area (TPSA) is 55.2 Å². The Hall–Kier alpha value is -2.98. The van der Waals surface area contributed by atoms with Crippen molar-refractivity contribution >= 4 is 5.69 Å². The lowest BCUT2D eigenvalue weighted by atomic mass is 9.96. The molecular formula is C21H20N2O2. The van der Waals surface area contributed by atoms with Crippen LogP contribution in [0.5, 0.6) is 0 Å². The zero-order chi connectivity index (χ0) is 17.6. The van der Waals surface area contributed by atoms with Gasteiger partial charge in [-0.05, 0) is 23.6 Å². The molecule has 2 atom stereocenters. The highest BCUT2D eigenvalue weighted by molar-refractivity contribution is 5.40. The van der Waals surface area contributed by atoms with E-state index < -0.39 is 0 Å². The lowest BCUT2D eigenvalue weighted by Gasteiger charge is -2.24. The van der Waals surface area contributed by atoms with Gasteiger partial charge in [0.1, 0.15) is 0 Å². The monoisotopic (exact) mass is 332 g/mol. The fourth-order valence-electron chi connectivity index (χ4n) is 2.94. The molecule has 0 aliphatic heterocycles. The number of nitro benzene ring substituents is 1. The van der Waals surface area contributed by atoms with Crippen molar-refractivity contribution in [2.45, 2.75) is 19.0 Å². The van der Waals surface area contributed by atoms with Crippen molar-refractivity contribution in [2.75, 3.05) is 0 Å². The average molecular weight is 332 g/mol. The largest absolute Gasteiger partial charge is 0.300 e. The fraction of sp³-hybridized carbons (Fsp3) is 0.143. The Morgan fingerprint density at radius 1 is 0.800 bits per heavy atom. The second-order valence-electron chi connectivity index (χ2n) is 5.99. The van der Waals surface area contributed by atoms with Gasteiger partial charge >= 0.3 is 0 Å². The van der Waals surface area contributed by atoms with Crippen LogP contribution in [0.4, 0.5) is 5.69 Å². The third kappa shape index (κ3) is 4.11. The van der Waals surface area contributed by atoms with Crippen molar-refractivity contribution in [2.24, 2.45) is 0 Å². The van der Waals surface area contributed by atoms with Crippen LogP contribution in [-0.4, -0.2) is 4.92 Å². The summed E-state index contributed by atoms with van der Waals surface area (Å²) in [5, 5.41) is 14.8. The second kappa shape index (κ2) is 7.73. The van der Waals surface area contributed by atoms with Gasteiger partial charge in [-0.3, -0.25) is 15.4 Å². The van der Waals surface area contributed by atoms with Crippen LogP contribution >= 0.6 is 0 Å². The van der Waals surface area contributed by atoms with E-state index in [-0.39, 0.29) is 22.7 Å². The van der Waals surface area contributed by atoms with Gasteiger partial charge < -0.3 is 0 Å². The molecule has 25 heavy (non-hydrogen) atoms. The van der Waals surface area contributed by atoms with Gasteiger partial charge in [0.25, 0.3) is 5.69 Å². The number of hydrogen-bond acceptors (Lipinski definition) is 3. The number of hydrogen-bond donors (Lipinski definition) is 1. The van der Waals surface area contributed by atoms with Crippen LogP contribution in [0.1, 0.15) is 35.7 Å². The van der Waals surface area contributed by atoms with E-state index >= 15 is 0 Å². The third-order valence-electron chi connectivity index (χ3n) is 4.26. The molecule has 0 aliphatic rings. The van der Waals surface area contributed by atoms with E-state index in [0.717, 1.165) is 11.1 Å². The molecule has 0 saturated carbocycles. The van der Waals surface area contributed by atoms with Crippen LogP contribution in [0, 0.1) is 10.1 Å². The first kappa shape index (κ1) is 16.9. The summed E-state index contributed by atoms with van der Waals surface area (Å²) in [6, 6.07) is 27.0. The third-order valence-corrected chi connectivity index (χ3v) is 4.26. The quantitative estimate of drug-likeness (QED) is 0.508. The molecule has 0 amide bonds. The maximum absolute atomic E-state index is 11.1. The van der Waals surface area contributed by atoms with E-state index in [2.05, 4.69) is 24.4 Å². The normalized spacial score (nSPS) is 13.2. The van der Waals surface area contributed by atoms with Crippen LogP contribution in [0.3, 0.4) is 0 Å². The maximum atomic E-state index is 11.1. The highest BCUT2D eigenvalue weighted by atomic mass is 16.6. The van der Waals surface area contributed by atoms with Gasteiger partial charge in [0.2, 0.25) is 0 Å². The van der Waals surface area contributed by atoms with Crippen LogP contribution < -0.4 is 5.32 Å². The van der Waals surface area contributed by atoms with Crippen molar-refractivity contribution in [3.8, 4) is 0 Å². The molecule has 4 nitrogen and oxygen atoms in total. The predicted molar refractivity (Wildman–Crippen MR) is 99.4 cm³/mol. The van der Waals surface area contributed by atoms with Gasteiger partial charge in [0.05, 0.1) is 11.0 Å². The number of benzene rings is 3. The van der Waals surface area contributed by atoms with Crippen molar-refractivity contribution in [1.82, 2.24) is 5.32 Å². The summed E-state index contributed by atoms with van der Waals surface area (Å²) in [7, 11) is 0. The Morgan fingerprint density at radius 3 is 1.96 bits per heavy atom.